The fraction of sp³-hybridized carbons (Fsp3) is 0.300. The van der Waals surface area contributed by atoms with E-state index in [0.29, 0.717) is 23.8 Å². The number of rotatable bonds is 6. The Balaban J connectivity index is 1.37. The zero-order chi connectivity index (χ0) is 19.9. The second-order valence-corrected chi connectivity index (χ2v) is 7.40. The average molecular weight is 407 g/mol. The van der Waals surface area contributed by atoms with E-state index in [1.54, 1.807) is 36.4 Å². The SMILES string of the molecule is O=C(C[NH+]1CC[NH+](CC(=O)Nc2ccc(Cl)cc2)CC1)Nc1ccc(F)cc1. The average Bonchev–Trinajstić information content (AvgIpc) is 2.67. The van der Waals surface area contributed by atoms with Crippen LogP contribution in [0.4, 0.5) is 15.8 Å². The van der Waals surface area contributed by atoms with Crippen molar-refractivity contribution < 1.29 is 23.8 Å². The number of carbonyl (C=O) groups is 2. The lowest BCUT2D eigenvalue weighted by Crippen LogP contribution is -3.28. The highest BCUT2D eigenvalue weighted by atomic mass is 35.5. The summed E-state index contributed by atoms with van der Waals surface area (Å²) >= 11 is 5.84. The minimum atomic E-state index is -0.331. The van der Waals surface area contributed by atoms with Crippen molar-refractivity contribution in [1.29, 1.82) is 0 Å². The summed E-state index contributed by atoms with van der Waals surface area (Å²) < 4.78 is 12.9. The summed E-state index contributed by atoms with van der Waals surface area (Å²) in [6.07, 6.45) is 0. The van der Waals surface area contributed by atoms with Crippen molar-refractivity contribution in [1.82, 2.24) is 0 Å². The quantitative estimate of drug-likeness (QED) is 0.538. The molecule has 2 aromatic rings. The first-order valence-corrected chi connectivity index (χ1v) is 9.64. The van der Waals surface area contributed by atoms with Crippen LogP contribution in [0, 0.1) is 5.82 Å². The van der Waals surface area contributed by atoms with E-state index >= 15 is 0 Å². The molecule has 2 amide bonds. The number of nitrogens with one attached hydrogen (secondary N) is 4. The number of quaternary nitrogens is 2. The van der Waals surface area contributed by atoms with E-state index in [2.05, 4.69) is 10.6 Å². The predicted molar refractivity (Wildman–Crippen MR) is 106 cm³/mol. The number of benzene rings is 2. The molecule has 0 atom stereocenters. The van der Waals surface area contributed by atoms with Gasteiger partial charge in [-0.15, -0.1) is 0 Å². The first-order valence-electron chi connectivity index (χ1n) is 9.26. The summed E-state index contributed by atoms with van der Waals surface area (Å²) in [6, 6.07) is 12.8. The standard InChI is InChI=1S/C20H22ClFN4O2/c21-15-1-5-17(6-2-15)23-19(27)13-25-9-11-26(12-10-25)14-20(28)24-18-7-3-16(22)4-8-18/h1-8H,9-14H2,(H,23,27)(H,24,28)/p+2. The molecule has 6 nitrogen and oxygen atoms in total. The Morgan fingerprint density at radius 2 is 1.18 bits per heavy atom. The third kappa shape index (κ3) is 6.30. The van der Waals surface area contributed by atoms with Crippen LogP contribution in [0.5, 0.6) is 0 Å². The van der Waals surface area contributed by atoms with Crippen molar-refractivity contribution >= 4 is 34.8 Å². The second-order valence-electron chi connectivity index (χ2n) is 6.96. The molecular formula is C20H24ClFN4O2+2. The topological polar surface area (TPSA) is 67.1 Å². The van der Waals surface area contributed by atoms with Crippen LogP contribution in [-0.2, 0) is 9.59 Å². The third-order valence-corrected chi connectivity index (χ3v) is 4.99. The molecule has 28 heavy (non-hydrogen) atoms. The number of piperazine rings is 1. The molecule has 3 rings (SSSR count). The number of hydrogen-bond donors (Lipinski definition) is 4. The normalized spacial score (nSPS) is 19.1. The molecule has 0 bridgehead atoms. The maximum absolute atomic E-state index is 12.9. The number of hydrogen-bond acceptors (Lipinski definition) is 2. The van der Waals surface area contributed by atoms with Crippen molar-refractivity contribution in [2.75, 3.05) is 49.9 Å². The van der Waals surface area contributed by atoms with Crippen molar-refractivity contribution in [3.63, 3.8) is 0 Å². The smallest absolute Gasteiger partial charge is 0.279 e. The van der Waals surface area contributed by atoms with Gasteiger partial charge in [0.1, 0.15) is 32.0 Å². The van der Waals surface area contributed by atoms with Gasteiger partial charge >= 0.3 is 0 Å². The van der Waals surface area contributed by atoms with Gasteiger partial charge in [0.15, 0.2) is 13.1 Å². The van der Waals surface area contributed by atoms with Crippen molar-refractivity contribution in [3.8, 4) is 0 Å². The van der Waals surface area contributed by atoms with Crippen LogP contribution in [-0.4, -0.2) is 51.1 Å². The lowest BCUT2D eigenvalue weighted by Gasteiger charge is -2.28. The Hall–Kier alpha value is -2.48. The van der Waals surface area contributed by atoms with Gasteiger partial charge in [-0.2, -0.15) is 0 Å². The van der Waals surface area contributed by atoms with Gasteiger partial charge in [0.05, 0.1) is 0 Å². The molecule has 0 spiro atoms. The summed E-state index contributed by atoms with van der Waals surface area (Å²) in [5.41, 5.74) is 1.32. The Morgan fingerprint density at radius 1 is 0.786 bits per heavy atom. The zero-order valence-corrected chi connectivity index (χ0v) is 16.2. The molecule has 4 N–H and O–H groups in total. The van der Waals surface area contributed by atoms with Crippen LogP contribution in [0.2, 0.25) is 5.02 Å². The van der Waals surface area contributed by atoms with E-state index in [4.69, 9.17) is 11.6 Å². The van der Waals surface area contributed by atoms with E-state index in [0.717, 1.165) is 31.9 Å². The van der Waals surface area contributed by atoms with Gasteiger partial charge in [-0.25, -0.2) is 4.39 Å². The number of anilines is 2. The molecule has 148 valence electrons. The van der Waals surface area contributed by atoms with E-state index in [-0.39, 0.29) is 17.6 Å². The van der Waals surface area contributed by atoms with E-state index < -0.39 is 0 Å². The van der Waals surface area contributed by atoms with Gasteiger partial charge in [-0.1, -0.05) is 11.6 Å². The molecule has 1 heterocycles. The van der Waals surface area contributed by atoms with E-state index in [9.17, 15) is 14.0 Å². The van der Waals surface area contributed by atoms with Crippen LogP contribution in [0.25, 0.3) is 0 Å². The lowest BCUT2D eigenvalue weighted by molar-refractivity contribution is -1.00. The first kappa shape index (κ1) is 20.3. The van der Waals surface area contributed by atoms with Gasteiger partial charge in [0, 0.05) is 16.4 Å². The summed E-state index contributed by atoms with van der Waals surface area (Å²) in [5.74, 6) is -0.455. The Morgan fingerprint density at radius 3 is 1.61 bits per heavy atom. The van der Waals surface area contributed by atoms with Crippen LogP contribution in [0.15, 0.2) is 48.5 Å². The maximum Gasteiger partial charge on any atom is 0.279 e. The summed E-state index contributed by atoms with van der Waals surface area (Å²) in [7, 11) is 0. The number of amides is 2. The van der Waals surface area contributed by atoms with Gasteiger partial charge in [0.2, 0.25) is 0 Å². The minimum absolute atomic E-state index is 0.0326. The maximum atomic E-state index is 12.9. The van der Waals surface area contributed by atoms with E-state index in [1.165, 1.54) is 21.9 Å². The van der Waals surface area contributed by atoms with Gasteiger partial charge in [-0.05, 0) is 48.5 Å². The third-order valence-electron chi connectivity index (χ3n) is 4.74. The monoisotopic (exact) mass is 406 g/mol. The first-order chi connectivity index (χ1) is 13.5. The summed E-state index contributed by atoms with van der Waals surface area (Å²) in [4.78, 5) is 26.7. The van der Waals surface area contributed by atoms with Gasteiger partial charge in [-0.3, -0.25) is 9.59 Å². The van der Waals surface area contributed by atoms with Crippen molar-refractivity contribution in [3.05, 3.63) is 59.4 Å². The van der Waals surface area contributed by atoms with E-state index in [1.807, 2.05) is 0 Å². The molecule has 1 aliphatic heterocycles. The molecular weight excluding hydrogens is 383 g/mol. The van der Waals surface area contributed by atoms with Gasteiger partial charge < -0.3 is 20.4 Å². The second kappa shape index (κ2) is 9.64. The lowest BCUT2D eigenvalue weighted by atomic mass is 10.2. The Labute approximate surface area is 168 Å². The molecule has 1 aliphatic rings. The molecule has 1 fully saturated rings. The molecule has 8 heteroatoms. The van der Waals surface area contributed by atoms with Gasteiger partial charge in [0.25, 0.3) is 11.8 Å². The van der Waals surface area contributed by atoms with Crippen LogP contribution >= 0.6 is 11.6 Å². The molecule has 0 aliphatic carbocycles. The zero-order valence-electron chi connectivity index (χ0n) is 15.4. The minimum Gasteiger partial charge on any atom is -0.321 e. The molecule has 0 saturated carbocycles. The number of halogens is 2. The van der Waals surface area contributed by atoms with Crippen molar-refractivity contribution in [2.24, 2.45) is 0 Å². The van der Waals surface area contributed by atoms with Crippen molar-refractivity contribution in [2.45, 2.75) is 0 Å². The Kier molecular flexibility index (Phi) is 6.97. The fourth-order valence-corrected chi connectivity index (χ4v) is 3.37. The highest BCUT2D eigenvalue weighted by Crippen LogP contribution is 2.12. The predicted octanol–water partition coefficient (Wildman–Crippen LogP) is -0.160. The molecule has 0 radical (unpaired) electrons. The molecule has 0 unspecified atom stereocenters. The fourth-order valence-electron chi connectivity index (χ4n) is 3.24. The highest BCUT2D eigenvalue weighted by molar-refractivity contribution is 6.30. The summed E-state index contributed by atoms with van der Waals surface area (Å²) in [5, 5.41) is 6.29. The van der Waals surface area contributed by atoms with Crippen LogP contribution in [0.3, 0.4) is 0 Å². The van der Waals surface area contributed by atoms with Crippen LogP contribution < -0.4 is 20.4 Å². The highest BCUT2D eigenvalue weighted by Gasteiger charge is 2.26. The Bertz CT molecular complexity index is 736. The largest absolute Gasteiger partial charge is 0.321 e. The molecule has 1 saturated heterocycles. The molecule has 0 aromatic heterocycles. The number of carbonyl (C=O) groups excluding carboxylic acids is 2. The molecule has 2 aromatic carbocycles. The van der Waals surface area contributed by atoms with Crippen LogP contribution in [0.1, 0.15) is 0 Å². The summed E-state index contributed by atoms with van der Waals surface area (Å²) in [6.45, 7) is 4.06.